The molecular weight excluding hydrogens is 515 g/mol. The van der Waals surface area contributed by atoms with Gasteiger partial charge in [0.05, 0.1) is 0 Å². The van der Waals surface area contributed by atoms with Crippen molar-refractivity contribution in [1.29, 1.82) is 0 Å². The Morgan fingerprint density at radius 2 is 1.03 bits per heavy atom. The standard InChI is InChI=1S/2C9H11.2C6H5.ClH.H2Si.Zr/c2*1-2-5-9-7-3-6-8(9)4-1;2*1-2-4-6-5-3-1;;;/h2*1-2,4,6,9H,3,5,7H2;2*1-5H;1H;1H2;. The van der Waals surface area contributed by atoms with Gasteiger partial charge in [-0.2, -0.15) is 0 Å². The summed E-state index contributed by atoms with van der Waals surface area (Å²) in [6.07, 6.45) is 22.6. The third-order valence-corrected chi connectivity index (χ3v) is 39.4. The summed E-state index contributed by atoms with van der Waals surface area (Å²) in [5, 5.41) is 0. The molecule has 0 heterocycles. The Kier molecular flexibility index (Phi) is 6.49. The van der Waals surface area contributed by atoms with Crippen molar-refractivity contribution in [3.63, 3.8) is 0 Å². The van der Waals surface area contributed by atoms with Gasteiger partial charge >= 0.3 is 197 Å². The van der Waals surface area contributed by atoms with Crippen LogP contribution in [0.25, 0.3) is 0 Å². The monoisotopic (exact) mass is 548 g/mol. The van der Waals surface area contributed by atoms with Crippen LogP contribution in [0.2, 0.25) is 7.25 Å². The molecule has 4 aliphatic rings. The van der Waals surface area contributed by atoms with Crippen LogP contribution < -0.4 is 6.54 Å². The Bertz CT molecular complexity index is 1110. The summed E-state index contributed by atoms with van der Waals surface area (Å²) in [4.78, 5) is 0. The molecule has 0 aliphatic heterocycles. The van der Waals surface area contributed by atoms with Gasteiger partial charge in [-0.25, -0.2) is 0 Å². The Labute approximate surface area is 207 Å². The molecule has 0 N–H and O–H groups in total. The van der Waals surface area contributed by atoms with Crippen LogP contribution in [0.4, 0.5) is 0 Å². The topological polar surface area (TPSA) is 0 Å². The molecule has 33 heavy (non-hydrogen) atoms. The molecule has 0 spiro atoms. The second-order valence-corrected chi connectivity index (χ2v) is 34.0. The number of allylic oxidation sites excluding steroid dienone is 8. The van der Waals surface area contributed by atoms with Crippen molar-refractivity contribution in [1.82, 2.24) is 0 Å². The summed E-state index contributed by atoms with van der Waals surface area (Å²) in [7, 11) is 0. The third kappa shape index (κ3) is 3.39. The summed E-state index contributed by atoms with van der Waals surface area (Å²) in [5.74, 6) is 1.54. The normalized spacial score (nSPS) is 28.4. The molecule has 0 radical (unpaired) electrons. The number of benzene rings is 2. The van der Waals surface area contributed by atoms with Crippen LogP contribution in [0.15, 0.2) is 108 Å². The van der Waals surface area contributed by atoms with Gasteiger partial charge in [0.25, 0.3) is 0 Å². The second kappa shape index (κ2) is 9.10. The van der Waals surface area contributed by atoms with Crippen LogP contribution in [0.1, 0.15) is 38.5 Å². The van der Waals surface area contributed by atoms with Crippen molar-refractivity contribution in [3.8, 4) is 0 Å². The molecule has 2 fully saturated rings. The Morgan fingerprint density at radius 1 is 0.606 bits per heavy atom. The molecule has 0 nitrogen and oxygen atoms in total. The molecule has 2 aromatic carbocycles. The number of fused-ring (bicyclic) bond motifs is 2. The van der Waals surface area contributed by atoms with Crippen LogP contribution in [0, 0.1) is 11.8 Å². The van der Waals surface area contributed by atoms with E-state index in [1.54, 1.807) is 17.7 Å². The Morgan fingerprint density at radius 3 is 1.45 bits per heavy atom. The van der Waals surface area contributed by atoms with Crippen LogP contribution in [-0.4, -0.2) is 6.88 Å². The van der Waals surface area contributed by atoms with E-state index in [9.17, 15) is 0 Å². The quantitative estimate of drug-likeness (QED) is 0.383. The average Bonchev–Trinajstić information content (AvgIpc) is 3.50. The molecule has 0 bridgehead atoms. The van der Waals surface area contributed by atoms with Crippen molar-refractivity contribution in [3.05, 3.63) is 108 Å². The molecule has 4 atom stereocenters. The molecule has 170 valence electrons. The van der Waals surface area contributed by atoms with Crippen molar-refractivity contribution < 1.29 is 17.4 Å². The van der Waals surface area contributed by atoms with E-state index in [4.69, 9.17) is 0 Å². The molecule has 4 aliphatic carbocycles. The maximum atomic E-state index is 2.55. The van der Waals surface area contributed by atoms with E-state index in [1.807, 2.05) is 0 Å². The zero-order valence-corrected chi connectivity index (χ0v) is 24.1. The van der Waals surface area contributed by atoms with E-state index in [2.05, 4.69) is 104 Å². The average molecular weight is 550 g/mol. The first kappa shape index (κ1) is 23.5. The maximum absolute atomic E-state index is 3.89. The van der Waals surface area contributed by atoms with Gasteiger partial charge < -0.3 is 0 Å². The summed E-state index contributed by atoms with van der Waals surface area (Å²) in [6.45, 7) is 2.55. The molecule has 0 saturated heterocycles. The van der Waals surface area contributed by atoms with Crippen LogP contribution in [-0.2, 0) is 17.4 Å². The molecule has 2 aromatic rings. The van der Waals surface area contributed by atoms with E-state index < -0.39 is 17.4 Å². The van der Waals surface area contributed by atoms with Gasteiger partial charge in [0.2, 0.25) is 0 Å². The van der Waals surface area contributed by atoms with E-state index in [-0.39, 0.29) is 12.4 Å². The van der Waals surface area contributed by atoms with Crippen molar-refractivity contribution in [2.24, 2.45) is 11.8 Å². The van der Waals surface area contributed by atoms with Gasteiger partial charge in [0.15, 0.2) is 0 Å². The Balaban J connectivity index is 0.00000228. The van der Waals surface area contributed by atoms with Crippen molar-refractivity contribution in [2.45, 2.75) is 45.8 Å². The van der Waals surface area contributed by atoms with Gasteiger partial charge in [-0.15, -0.1) is 12.4 Å². The summed E-state index contributed by atoms with van der Waals surface area (Å²) in [5.41, 5.74) is 3.60. The van der Waals surface area contributed by atoms with E-state index in [0.717, 1.165) is 19.1 Å². The second-order valence-electron chi connectivity index (χ2n) is 10.7. The SMILES string of the molecule is Cl.[SiH2]=[Zr]([c]1ccccc1)([c]1ccccc1)([CH]1CCC2CC=CC=C21)[CH]1CCC2CC=CC=C21. The third-order valence-electron chi connectivity index (χ3n) is 9.55. The zero-order valence-electron chi connectivity index (χ0n) is 19.4. The molecule has 0 amide bonds. The van der Waals surface area contributed by atoms with Gasteiger partial charge in [-0.3, -0.25) is 0 Å². The van der Waals surface area contributed by atoms with Crippen molar-refractivity contribution >= 4 is 25.8 Å². The fourth-order valence-electron chi connectivity index (χ4n) is 8.13. The van der Waals surface area contributed by atoms with E-state index >= 15 is 0 Å². The predicted molar refractivity (Wildman–Crippen MR) is 145 cm³/mol. The van der Waals surface area contributed by atoms with Gasteiger partial charge in [-0.05, 0) is 0 Å². The molecule has 4 unspecified atom stereocenters. The minimum atomic E-state index is -3.89. The zero-order chi connectivity index (χ0) is 21.6. The first-order valence-corrected chi connectivity index (χ1v) is 23.8. The van der Waals surface area contributed by atoms with Crippen LogP contribution >= 0.6 is 12.4 Å². The van der Waals surface area contributed by atoms with Gasteiger partial charge in [-0.1, -0.05) is 0 Å². The summed E-state index contributed by atoms with van der Waals surface area (Å²) >= 11 is -3.89. The number of hydrogen-bond acceptors (Lipinski definition) is 0. The van der Waals surface area contributed by atoms with E-state index in [1.165, 1.54) is 38.5 Å². The van der Waals surface area contributed by atoms with E-state index in [0.29, 0.717) is 0 Å². The van der Waals surface area contributed by atoms with Gasteiger partial charge in [0, 0.05) is 0 Å². The summed E-state index contributed by atoms with van der Waals surface area (Å²) in [6, 6.07) is 23.9. The Hall–Kier alpha value is -1.21. The minimum absolute atomic E-state index is 0. The first-order valence-electron chi connectivity index (χ1n) is 12.6. The molecule has 6 rings (SSSR count). The predicted octanol–water partition coefficient (Wildman–Crippen LogP) is 6.47. The molecule has 3 heteroatoms. The van der Waals surface area contributed by atoms with Crippen molar-refractivity contribution in [2.75, 3.05) is 0 Å². The number of halogens is 1. The van der Waals surface area contributed by atoms with Gasteiger partial charge in [0.1, 0.15) is 0 Å². The molecule has 0 aromatic heterocycles. The number of rotatable bonds is 4. The van der Waals surface area contributed by atoms with Crippen LogP contribution in [0.3, 0.4) is 0 Å². The summed E-state index contributed by atoms with van der Waals surface area (Å²) < 4.78 is 4.93. The van der Waals surface area contributed by atoms with Crippen LogP contribution in [0.5, 0.6) is 0 Å². The first-order chi connectivity index (χ1) is 15.7. The number of hydrogen-bond donors (Lipinski definition) is 0. The molecule has 2 saturated carbocycles. The fourth-order valence-corrected chi connectivity index (χ4v) is 36.3. The molecular formula is C30H35ClSiZr. The fraction of sp³-hybridized carbons (Fsp3) is 0.333.